The number of H-pyrrole nitrogens is 1. The molecule has 5 nitrogen and oxygen atoms in total. The molecule has 2 aromatic rings. The van der Waals surface area contributed by atoms with Crippen molar-refractivity contribution in [3.63, 3.8) is 0 Å². The van der Waals surface area contributed by atoms with Crippen LogP contribution in [-0.2, 0) is 23.1 Å². The van der Waals surface area contributed by atoms with Gasteiger partial charge in [-0.1, -0.05) is 6.92 Å². The molecule has 0 saturated heterocycles. The number of nitrogens with one attached hydrogen (secondary N) is 3. The molecule has 0 atom stereocenters. The summed E-state index contributed by atoms with van der Waals surface area (Å²) < 4.78 is 28.0. The quantitative estimate of drug-likeness (QED) is 0.605. The fourth-order valence-electron chi connectivity index (χ4n) is 1.77. The highest BCUT2D eigenvalue weighted by Crippen LogP contribution is 2.23. The van der Waals surface area contributed by atoms with Crippen molar-refractivity contribution in [1.82, 2.24) is 15.0 Å². The van der Waals surface area contributed by atoms with Gasteiger partial charge in [0.05, 0.1) is 4.90 Å². The van der Waals surface area contributed by atoms with Crippen LogP contribution in [0.25, 0.3) is 0 Å². The number of rotatable bonds is 8. The van der Waals surface area contributed by atoms with E-state index in [0.29, 0.717) is 6.54 Å². The van der Waals surface area contributed by atoms with Gasteiger partial charge in [0.1, 0.15) is 0 Å². The van der Waals surface area contributed by atoms with Crippen LogP contribution in [0.4, 0.5) is 0 Å². The molecule has 0 aliphatic rings. The van der Waals surface area contributed by atoms with Crippen LogP contribution in [0, 0.1) is 0 Å². The van der Waals surface area contributed by atoms with Crippen molar-refractivity contribution in [2.45, 2.75) is 31.3 Å². The molecule has 21 heavy (non-hydrogen) atoms. The van der Waals surface area contributed by atoms with E-state index in [1.165, 1.54) is 17.5 Å². The topological polar surface area (TPSA) is 74.0 Å². The highest BCUT2D eigenvalue weighted by Gasteiger charge is 2.16. The van der Waals surface area contributed by atoms with Crippen LogP contribution < -0.4 is 10.0 Å². The van der Waals surface area contributed by atoms with Crippen molar-refractivity contribution in [3.05, 3.63) is 38.8 Å². The maximum atomic E-state index is 12.2. The fraction of sp³-hybridized carbons (Fsp3) is 0.385. The van der Waals surface area contributed by atoms with Gasteiger partial charge < -0.3 is 10.3 Å². The Bertz CT molecular complexity index is 679. The van der Waals surface area contributed by atoms with Crippen LogP contribution in [0.2, 0.25) is 0 Å². The monoisotopic (exact) mass is 391 g/mol. The molecule has 2 rings (SSSR count). The Labute approximate surface area is 137 Å². The van der Waals surface area contributed by atoms with Crippen LogP contribution in [0.15, 0.2) is 33.1 Å². The van der Waals surface area contributed by atoms with Gasteiger partial charge >= 0.3 is 0 Å². The molecule has 3 N–H and O–H groups in total. The largest absolute Gasteiger partial charge is 0.363 e. The molecule has 8 heteroatoms. The molecule has 2 heterocycles. The molecule has 0 fully saturated rings. The first kappa shape index (κ1) is 16.7. The summed E-state index contributed by atoms with van der Waals surface area (Å²) in [6, 6.07) is 3.57. The maximum Gasteiger partial charge on any atom is 0.242 e. The average Bonchev–Trinajstić information content (AvgIpc) is 3.06. The van der Waals surface area contributed by atoms with Crippen molar-refractivity contribution < 1.29 is 8.42 Å². The van der Waals surface area contributed by atoms with Crippen molar-refractivity contribution in [2.24, 2.45) is 0 Å². The molecule has 0 aliphatic carbocycles. The van der Waals surface area contributed by atoms with Gasteiger partial charge in [-0.25, -0.2) is 13.1 Å². The third kappa shape index (κ3) is 4.65. The van der Waals surface area contributed by atoms with Gasteiger partial charge in [-0.3, -0.25) is 0 Å². The normalized spacial score (nSPS) is 11.9. The summed E-state index contributed by atoms with van der Waals surface area (Å²) in [6.07, 6.45) is 2.57. The summed E-state index contributed by atoms with van der Waals surface area (Å²) in [4.78, 5) is 4.21. The Morgan fingerprint density at radius 3 is 2.86 bits per heavy atom. The van der Waals surface area contributed by atoms with Gasteiger partial charge in [0.25, 0.3) is 0 Å². The standard InChI is InChI=1S/C13H18BrN3O2S2/c1-2-4-15-7-10-6-11(8-16-10)21(18,19)17-9-13-12(14)3-5-20-13/h3,5-6,8,15-17H,2,4,7,9H2,1H3. The van der Waals surface area contributed by atoms with Gasteiger partial charge in [0.15, 0.2) is 0 Å². The van der Waals surface area contributed by atoms with E-state index in [9.17, 15) is 8.42 Å². The predicted molar refractivity (Wildman–Crippen MR) is 88.8 cm³/mol. The molecule has 0 spiro atoms. The first-order valence-electron chi connectivity index (χ1n) is 6.62. The van der Waals surface area contributed by atoms with E-state index in [-0.39, 0.29) is 11.4 Å². The van der Waals surface area contributed by atoms with Gasteiger partial charge in [-0.2, -0.15) is 0 Å². The number of halogens is 1. The van der Waals surface area contributed by atoms with Crippen molar-refractivity contribution in [3.8, 4) is 0 Å². The molecule has 0 aromatic carbocycles. The second-order valence-electron chi connectivity index (χ2n) is 4.55. The minimum Gasteiger partial charge on any atom is -0.363 e. The van der Waals surface area contributed by atoms with E-state index in [2.05, 4.69) is 37.9 Å². The van der Waals surface area contributed by atoms with E-state index in [0.717, 1.165) is 28.0 Å². The number of hydrogen-bond donors (Lipinski definition) is 3. The van der Waals surface area contributed by atoms with Crippen LogP contribution in [-0.4, -0.2) is 19.9 Å². The Balaban J connectivity index is 1.97. The molecule has 0 unspecified atom stereocenters. The molecular weight excluding hydrogens is 374 g/mol. The molecule has 116 valence electrons. The Morgan fingerprint density at radius 1 is 1.38 bits per heavy atom. The zero-order chi connectivity index (χ0) is 15.3. The number of aromatic nitrogens is 1. The minimum absolute atomic E-state index is 0.267. The summed E-state index contributed by atoms with van der Waals surface area (Å²) in [5, 5.41) is 5.15. The van der Waals surface area contributed by atoms with Crippen LogP contribution in [0.3, 0.4) is 0 Å². The molecule has 0 amide bonds. The first-order chi connectivity index (χ1) is 10.0. The number of hydrogen-bond acceptors (Lipinski definition) is 4. The van der Waals surface area contributed by atoms with Crippen LogP contribution in [0.5, 0.6) is 0 Å². The first-order valence-corrected chi connectivity index (χ1v) is 9.78. The maximum absolute atomic E-state index is 12.2. The van der Waals surface area contributed by atoms with E-state index >= 15 is 0 Å². The fourth-order valence-corrected chi connectivity index (χ4v) is 4.31. The SMILES string of the molecule is CCCNCc1cc(S(=O)(=O)NCc2sccc2Br)c[nH]1. The zero-order valence-electron chi connectivity index (χ0n) is 11.6. The average molecular weight is 392 g/mol. The minimum atomic E-state index is -3.49. The van der Waals surface area contributed by atoms with Crippen molar-refractivity contribution in [2.75, 3.05) is 6.54 Å². The molecule has 2 aromatic heterocycles. The predicted octanol–water partition coefficient (Wildman–Crippen LogP) is 2.82. The second kappa shape index (κ2) is 7.55. The summed E-state index contributed by atoms with van der Waals surface area (Å²) >= 11 is 4.90. The summed E-state index contributed by atoms with van der Waals surface area (Å²) in [6.45, 7) is 3.92. The lowest BCUT2D eigenvalue weighted by Crippen LogP contribution is -2.22. The third-order valence-corrected chi connectivity index (χ3v) is 6.19. The molecule has 0 aliphatic heterocycles. The molecular formula is C13H18BrN3O2S2. The van der Waals surface area contributed by atoms with E-state index in [1.54, 1.807) is 6.07 Å². The Kier molecular flexibility index (Phi) is 6.00. The van der Waals surface area contributed by atoms with Crippen LogP contribution >= 0.6 is 27.3 Å². The van der Waals surface area contributed by atoms with Gasteiger partial charge in [-0.15, -0.1) is 11.3 Å². The summed E-state index contributed by atoms with van der Waals surface area (Å²) in [5.74, 6) is 0. The van der Waals surface area contributed by atoms with Gasteiger partial charge in [0.2, 0.25) is 10.0 Å². The van der Waals surface area contributed by atoms with Gasteiger partial charge in [-0.05, 0) is 46.4 Å². The molecule has 0 radical (unpaired) electrons. The smallest absolute Gasteiger partial charge is 0.242 e. The summed E-state index contributed by atoms with van der Waals surface area (Å²) in [7, 11) is -3.49. The van der Waals surface area contributed by atoms with Crippen molar-refractivity contribution >= 4 is 37.3 Å². The van der Waals surface area contributed by atoms with Gasteiger partial charge in [0, 0.05) is 34.3 Å². The second-order valence-corrected chi connectivity index (χ2v) is 8.18. The lowest BCUT2D eigenvalue weighted by molar-refractivity contribution is 0.582. The highest BCUT2D eigenvalue weighted by molar-refractivity contribution is 9.10. The highest BCUT2D eigenvalue weighted by atomic mass is 79.9. The summed E-state index contributed by atoms with van der Waals surface area (Å²) in [5.41, 5.74) is 0.862. The number of thiophene rings is 1. The Hall–Kier alpha value is -0.670. The number of sulfonamides is 1. The van der Waals surface area contributed by atoms with Crippen LogP contribution in [0.1, 0.15) is 23.9 Å². The molecule has 0 saturated carbocycles. The Morgan fingerprint density at radius 2 is 2.19 bits per heavy atom. The van der Waals surface area contributed by atoms with E-state index in [4.69, 9.17) is 0 Å². The molecule has 0 bridgehead atoms. The van der Waals surface area contributed by atoms with E-state index < -0.39 is 10.0 Å². The lowest BCUT2D eigenvalue weighted by Gasteiger charge is -2.04. The number of aromatic amines is 1. The zero-order valence-corrected chi connectivity index (χ0v) is 14.9. The third-order valence-electron chi connectivity index (χ3n) is 2.88. The van der Waals surface area contributed by atoms with Crippen molar-refractivity contribution in [1.29, 1.82) is 0 Å². The van der Waals surface area contributed by atoms with E-state index in [1.807, 2.05) is 11.4 Å². The lowest BCUT2D eigenvalue weighted by atomic mass is 10.4.